The average molecular weight is 281 g/mol. The number of benzene rings is 1. The van der Waals surface area contributed by atoms with Crippen LogP contribution in [-0.4, -0.2) is 54.1 Å². The highest BCUT2D eigenvalue weighted by molar-refractivity contribution is 7.99. The standard InChI is InChI=1S/C14H19NO3S/c16-14(17)10-12-11-18-8-6-15(12)7-9-19-13-4-2-1-3-5-13/h1-5,12H,6-11H2,(H,16,17). The van der Waals surface area contributed by atoms with Crippen molar-refractivity contribution in [3.8, 4) is 0 Å². The number of aliphatic carboxylic acids is 1. The molecular weight excluding hydrogens is 262 g/mol. The number of hydrogen-bond acceptors (Lipinski definition) is 4. The van der Waals surface area contributed by atoms with Crippen LogP contribution in [0.5, 0.6) is 0 Å². The van der Waals surface area contributed by atoms with E-state index in [1.54, 1.807) is 11.8 Å². The Hall–Kier alpha value is -1.04. The molecule has 0 aliphatic carbocycles. The largest absolute Gasteiger partial charge is 0.481 e. The van der Waals surface area contributed by atoms with Crippen LogP contribution in [0, 0.1) is 0 Å². The third-order valence-corrected chi connectivity index (χ3v) is 4.14. The van der Waals surface area contributed by atoms with Crippen LogP contribution in [0.4, 0.5) is 0 Å². The highest BCUT2D eigenvalue weighted by atomic mass is 32.2. The molecule has 1 saturated heterocycles. The van der Waals surface area contributed by atoms with E-state index in [1.807, 2.05) is 18.2 Å². The topological polar surface area (TPSA) is 49.8 Å². The van der Waals surface area contributed by atoms with Gasteiger partial charge in [0.25, 0.3) is 0 Å². The van der Waals surface area contributed by atoms with Gasteiger partial charge in [0.2, 0.25) is 0 Å². The number of rotatable bonds is 6. The maximum atomic E-state index is 10.8. The van der Waals surface area contributed by atoms with Gasteiger partial charge < -0.3 is 9.84 Å². The average Bonchev–Trinajstić information content (AvgIpc) is 2.41. The molecule has 0 bridgehead atoms. The van der Waals surface area contributed by atoms with Gasteiger partial charge in [0.15, 0.2) is 0 Å². The SMILES string of the molecule is O=C(O)CC1COCCN1CCSc1ccccc1. The van der Waals surface area contributed by atoms with Gasteiger partial charge in [0, 0.05) is 29.8 Å². The van der Waals surface area contributed by atoms with Crippen molar-refractivity contribution in [2.75, 3.05) is 32.1 Å². The van der Waals surface area contributed by atoms with E-state index in [9.17, 15) is 4.79 Å². The molecule has 19 heavy (non-hydrogen) atoms. The summed E-state index contributed by atoms with van der Waals surface area (Å²) in [5.74, 6) is 0.219. The van der Waals surface area contributed by atoms with Crippen LogP contribution >= 0.6 is 11.8 Å². The predicted octanol–water partition coefficient (Wildman–Crippen LogP) is 1.95. The smallest absolute Gasteiger partial charge is 0.305 e. The van der Waals surface area contributed by atoms with Crippen LogP contribution in [0.2, 0.25) is 0 Å². The van der Waals surface area contributed by atoms with E-state index >= 15 is 0 Å². The molecule has 5 heteroatoms. The summed E-state index contributed by atoms with van der Waals surface area (Å²) in [6, 6.07) is 10.3. The van der Waals surface area contributed by atoms with Gasteiger partial charge in [-0.2, -0.15) is 0 Å². The lowest BCUT2D eigenvalue weighted by molar-refractivity contribution is -0.140. The lowest BCUT2D eigenvalue weighted by Gasteiger charge is -2.34. The molecule has 104 valence electrons. The fourth-order valence-corrected chi connectivity index (χ4v) is 3.08. The second-order valence-electron chi connectivity index (χ2n) is 4.52. The van der Waals surface area contributed by atoms with Gasteiger partial charge in [-0.1, -0.05) is 18.2 Å². The first-order chi connectivity index (χ1) is 9.25. The molecule has 0 radical (unpaired) electrons. The number of ether oxygens (including phenoxy) is 1. The molecule has 0 aromatic heterocycles. The Labute approximate surface area is 117 Å². The first-order valence-corrected chi connectivity index (χ1v) is 7.45. The van der Waals surface area contributed by atoms with Crippen molar-refractivity contribution in [3.63, 3.8) is 0 Å². The van der Waals surface area contributed by atoms with E-state index in [0.29, 0.717) is 13.2 Å². The fourth-order valence-electron chi connectivity index (χ4n) is 2.17. The van der Waals surface area contributed by atoms with Gasteiger partial charge in [0.05, 0.1) is 19.6 Å². The molecule has 1 heterocycles. The second-order valence-corrected chi connectivity index (χ2v) is 5.69. The first kappa shape index (κ1) is 14.4. The molecule has 1 atom stereocenters. The lowest BCUT2D eigenvalue weighted by atomic mass is 10.1. The maximum Gasteiger partial charge on any atom is 0.305 e. The molecule has 1 aliphatic heterocycles. The Bertz CT molecular complexity index is 399. The molecule has 1 unspecified atom stereocenters. The summed E-state index contributed by atoms with van der Waals surface area (Å²) in [6.45, 7) is 2.96. The van der Waals surface area contributed by atoms with Crippen molar-refractivity contribution in [2.45, 2.75) is 17.4 Å². The van der Waals surface area contributed by atoms with Gasteiger partial charge in [0.1, 0.15) is 0 Å². The molecule has 0 spiro atoms. The highest BCUT2D eigenvalue weighted by Gasteiger charge is 2.24. The van der Waals surface area contributed by atoms with Crippen molar-refractivity contribution in [3.05, 3.63) is 30.3 Å². The van der Waals surface area contributed by atoms with Crippen LogP contribution in [-0.2, 0) is 9.53 Å². The minimum Gasteiger partial charge on any atom is -0.481 e. The van der Waals surface area contributed by atoms with Crippen molar-refractivity contribution >= 4 is 17.7 Å². The zero-order valence-corrected chi connectivity index (χ0v) is 11.6. The number of carboxylic acid groups (broad SMARTS) is 1. The zero-order valence-electron chi connectivity index (χ0n) is 10.8. The van der Waals surface area contributed by atoms with Crippen LogP contribution in [0.1, 0.15) is 6.42 Å². The van der Waals surface area contributed by atoms with Crippen LogP contribution in [0.15, 0.2) is 35.2 Å². The first-order valence-electron chi connectivity index (χ1n) is 6.47. The third-order valence-electron chi connectivity index (χ3n) is 3.15. The van der Waals surface area contributed by atoms with Crippen molar-refractivity contribution in [1.29, 1.82) is 0 Å². The summed E-state index contributed by atoms with van der Waals surface area (Å²) >= 11 is 1.81. The van der Waals surface area contributed by atoms with Crippen LogP contribution in [0.3, 0.4) is 0 Å². The maximum absolute atomic E-state index is 10.8. The second kappa shape index (κ2) is 7.53. The lowest BCUT2D eigenvalue weighted by Crippen LogP contribution is -2.47. The van der Waals surface area contributed by atoms with E-state index in [0.717, 1.165) is 18.8 Å². The van der Waals surface area contributed by atoms with E-state index in [2.05, 4.69) is 17.0 Å². The summed E-state index contributed by atoms with van der Waals surface area (Å²) < 4.78 is 5.37. The summed E-state index contributed by atoms with van der Waals surface area (Å²) in [7, 11) is 0. The van der Waals surface area contributed by atoms with Crippen molar-refractivity contribution in [2.24, 2.45) is 0 Å². The number of nitrogens with zero attached hydrogens (tertiary/aromatic N) is 1. The van der Waals surface area contributed by atoms with Gasteiger partial charge in [-0.25, -0.2) is 0 Å². The Morgan fingerprint density at radius 3 is 2.95 bits per heavy atom. The molecule has 0 saturated carbocycles. The monoisotopic (exact) mass is 281 g/mol. The van der Waals surface area contributed by atoms with Gasteiger partial charge >= 0.3 is 5.97 Å². The quantitative estimate of drug-likeness (QED) is 0.808. The normalized spacial score (nSPS) is 20.3. The summed E-state index contributed by atoms with van der Waals surface area (Å²) in [6.07, 6.45) is 0.163. The molecule has 2 rings (SSSR count). The predicted molar refractivity (Wildman–Crippen MR) is 75.6 cm³/mol. The number of morpholine rings is 1. The van der Waals surface area contributed by atoms with Crippen LogP contribution in [0.25, 0.3) is 0 Å². The Morgan fingerprint density at radius 2 is 2.21 bits per heavy atom. The Morgan fingerprint density at radius 1 is 1.42 bits per heavy atom. The third kappa shape index (κ3) is 4.86. The van der Waals surface area contributed by atoms with Crippen LogP contribution < -0.4 is 0 Å². The number of thioether (sulfide) groups is 1. The molecule has 1 aliphatic rings. The van der Waals surface area contributed by atoms with Crippen molar-refractivity contribution < 1.29 is 14.6 Å². The highest BCUT2D eigenvalue weighted by Crippen LogP contribution is 2.18. The molecule has 1 aromatic rings. The zero-order chi connectivity index (χ0) is 13.5. The van der Waals surface area contributed by atoms with Gasteiger partial charge in [-0.05, 0) is 12.1 Å². The number of carboxylic acids is 1. The van der Waals surface area contributed by atoms with E-state index in [-0.39, 0.29) is 12.5 Å². The molecule has 4 nitrogen and oxygen atoms in total. The van der Waals surface area contributed by atoms with Gasteiger partial charge in [-0.15, -0.1) is 11.8 Å². The molecule has 1 aromatic carbocycles. The minimum atomic E-state index is -0.754. The number of carbonyl (C=O) groups is 1. The number of hydrogen-bond donors (Lipinski definition) is 1. The summed E-state index contributed by atoms with van der Waals surface area (Å²) in [4.78, 5) is 14.3. The van der Waals surface area contributed by atoms with E-state index in [1.165, 1.54) is 4.90 Å². The Balaban J connectivity index is 1.78. The molecule has 1 fully saturated rings. The Kier molecular flexibility index (Phi) is 5.69. The van der Waals surface area contributed by atoms with Crippen molar-refractivity contribution in [1.82, 2.24) is 4.90 Å². The van der Waals surface area contributed by atoms with E-state index < -0.39 is 5.97 Å². The summed E-state index contributed by atoms with van der Waals surface area (Å²) in [5, 5.41) is 8.90. The molecule has 0 amide bonds. The summed E-state index contributed by atoms with van der Waals surface area (Å²) in [5.41, 5.74) is 0. The minimum absolute atomic E-state index is 0.0163. The molecular formula is C14H19NO3S. The fraction of sp³-hybridized carbons (Fsp3) is 0.500. The molecule has 1 N–H and O–H groups in total. The van der Waals surface area contributed by atoms with Gasteiger partial charge in [-0.3, -0.25) is 9.69 Å². The van der Waals surface area contributed by atoms with E-state index in [4.69, 9.17) is 9.84 Å².